The smallest absolute Gasteiger partial charge is 0.305 e. The van der Waals surface area contributed by atoms with E-state index in [1.165, 1.54) is 28.4 Å². The molecule has 288 valence electrons. The summed E-state index contributed by atoms with van der Waals surface area (Å²) in [6.07, 6.45) is 2.43. The highest BCUT2D eigenvalue weighted by molar-refractivity contribution is 6.02. The maximum absolute atomic E-state index is 12.6. The minimum atomic E-state index is -0.682. The van der Waals surface area contributed by atoms with E-state index in [9.17, 15) is 19.2 Å². The highest BCUT2D eigenvalue weighted by Crippen LogP contribution is 2.45. The zero-order chi connectivity index (χ0) is 39.6. The van der Waals surface area contributed by atoms with Crippen molar-refractivity contribution in [3.8, 4) is 0 Å². The maximum atomic E-state index is 12.6. The Morgan fingerprint density at radius 3 is 1.75 bits per heavy atom. The lowest BCUT2D eigenvalue weighted by Gasteiger charge is -2.25. The molecular formula is C43H48N4O8. The van der Waals surface area contributed by atoms with Gasteiger partial charge in [0.25, 0.3) is 0 Å². The number of nitrogens with zero attached hydrogens (tertiary/aromatic N) is 2. The topological polar surface area (TPSA) is 163 Å². The average molecular weight is 749 g/mol. The summed E-state index contributed by atoms with van der Waals surface area (Å²) in [5.41, 5.74) is 12.1. The molecule has 2 aliphatic heterocycles. The Balaban J connectivity index is 1.75. The van der Waals surface area contributed by atoms with Gasteiger partial charge in [0.2, 0.25) is 0 Å². The summed E-state index contributed by atoms with van der Waals surface area (Å²) in [6, 6.07) is 12.1. The predicted octanol–water partition coefficient (Wildman–Crippen LogP) is 7.44. The molecule has 0 fully saturated rings. The molecule has 0 radical (unpaired) electrons. The Hall–Kier alpha value is -5.78. The number of ether oxygens (including phenoxy) is 4. The molecule has 1 atom stereocenters. The van der Waals surface area contributed by atoms with Crippen molar-refractivity contribution in [1.29, 1.82) is 0 Å². The quantitative estimate of drug-likeness (QED) is 0.110. The SMILES string of the molecule is COC(=O)CCC1=C(C)c2nc1cc1[nH]c(cc3[nH]c(cc4nc5c(cccc25)C4(C)CCC(=O)OC)c(CCC(=O)OC)c3C)c(C)c1CCC(=O)OC. The molecule has 2 N–H and O–H groups in total. The van der Waals surface area contributed by atoms with Gasteiger partial charge in [0.1, 0.15) is 0 Å². The number of nitrogens with one attached hydrogen (secondary N) is 2. The van der Waals surface area contributed by atoms with Gasteiger partial charge < -0.3 is 28.9 Å². The van der Waals surface area contributed by atoms with Crippen LogP contribution in [-0.4, -0.2) is 72.3 Å². The summed E-state index contributed by atoms with van der Waals surface area (Å²) < 4.78 is 20.1. The number of methoxy groups -OCH3 is 4. The van der Waals surface area contributed by atoms with E-state index in [-0.39, 0.29) is 49.6 Å². The first-order valence-electron chi connectivity index (χ1n) is 18.5. The number of aromatic nitrogens is 4. The molecule has 8 bridgehead atoms. The number of hydrogen-bond donors (Lipinski definition) is 2. The minimum Gasteiger partial charge on any atom is -0.469 e. The van der Waals surface area contributed by atoms with Gasteiger partial charge in [-0.1, -0.05) is 18.2 Å². The van der Waals surface area contributed by atoms with Crippen molar-refractivity contribution >= 4 is 68.0 Å². The normalized spacial score (nSPS) is 15.1. The molecule has 12 heteroatoms. The first-order valence-corrected chi connectivity index (χ1v) is 18.5. The predicted molar refractivity (Wildman–Crippen MR) is 210 cm³/mol. The van der Waals surface area contributed by atoms with Crippen molar-refractivity contribution in [2.75, 3.05) is 28.4 Å². The number of fused-ring (bicyclic) bond motifs is 8. The van der Waals surface area contributed by atoms with Crippen LogP contribution in [0, 0.1) is 13.8 Å². The van der Waals surface area contributed by atoms with Crippen LogP contribution in [0.15, 0.2) is 36.4 Å². The number of aryl methyl sites for hydroxylation is 4. The number of carbonyl (C=O) groups excluding carboxylic acids is 4. The van der Waals surface area contributed by atoms with E-state index in [1.54, 1.807) is 0 Å². The van der Waals surface area contributed by atoms with Crippen LogP contribution < -0.4 is 0 Å². The van der Waals surface area contributed by atoms with E-state index in [0.717, 1.165) is 83.3 Å². The van der Waals surface area contributed by atoms with Crippen LogP contribution in [0.4, 0.5) is 0 Å². The third-order valence-electron chi connectivity index (χ3n) is 11.3. The Kier molecular flexibility index (Phi) is 11.3. The van der Waals surface area contributed by atoms with E-state index in [0.29, 0.717) is 31.4 Å². The molecule has 1 aromatic carbocycles. The largest absolute Gasteiger partial charge is 0.469 e. The molecule has 1 unspecified atom stereocenters. The Morgan fingerprint density at radius 2 is 1.18 bits per heavy atom. The van der Waals surface area contributed by atoms with Crippen molar-refractivity contribution in [3.05, 3.63) is 81.3 Å². The number of allylic oxidation sites excluding steroid dienone is 2. The lowest BCUT2D eigenvalue weighted by Crippen LogP contribution is -2.23. The molecule has 12 nitrogen and oxygen atoms in total. The zero-order valence-corrected chi connectivity index (χ0v) is 32.8. The Morgan fingerprint density at radius 1 is 0.655 bits per heavy atom. The summed E-state index contributed by atoms with van der Waals surface area (Å²) >= 11 is 0. The van der Waals surface area contributed by atoms with Gasteiger partial charge in [-0.3, -0.25) is 24.2 Å². The van der Waals surface area contributed by atoms with Crippen LogP contribution in [0.5, 0.6) is 0 Å². The molecule has 4 aromatic rings. The van der Waals surface area contributed by atoms with Crippen molar-refractivity contribution in [2.45, 2.75) is 84.5 Å². The van der Waals surface area contributed by atoms with Crippen molar-refractivity contribution in [3.63, 3.8) is 0 Å². The fraction of sp³-hybridized carbons (Fsp3) is 0.395. The monoisotopic (exact) mass is 748 g/mol. The van der Waals surface area contributed by atoms with Crippen LogP contribution in [0.25, 0.3) is 44.1 Å². The number of carbonyl (C=O) groups is 4. The molecule has 0 aliphatic carbocycles. The molecule has 0 amide bonds. The van der Waals surface area contributed by atoms with E-state index >= 15 is 0 Å². The summed E-state index contributed by atoms with van der Waals surface area (Å²) in [4.78, 5) is 67.6. The zero-order valence-electron chi connectivity index (χ0n) is 32.8. The maximum Gasteiger partial charge on any atom is 0.305 e. The fourth-order valence-electron chi connectivity index (χ4n) is 7.84. The van der Waals surface area contributed by atoms with E-state index in [4.69, 9.17) is 28.9 Å². The summed E-state index contributed by atoms with van der Waals surface area (Å²) in [5.74, 6) is -1.26. The number of benzene rings is 1. The molecule has 2 aliphatic rings. The van der Waals surface area contributed by atoms with Gasteiger partial charge in [0.05, 0.1) is 51.0 Å². The lowest BCUT2D eigenvalue weighted by atomic mass is 9.76. The van der Waals surface area contributed by atoms with Crippen molar-refractivity contribution in [2.24, 2.45) is 0 Å². The first-order chi connectivity index (χ1) is 26.3. The molecule has 0 saturated heterocycles. The van der Waals surface area contributed by atoms with Crippen molar-refractivity contribution in [1.82, 2.24) is 19.9 Å². The molecule has 6 rings (SSSR count). The summed E-state index contributed by atoms with van der Waals surface area (Å²) in [6.45, 7) is 8.15. The number of para-hydroxylation sites is 1. The Bertz CT molecular complexity index is 2420. The van der Waals surface area contributed by atoms with E-state index < -0.39 is 5.41 Å². The van der Waals surface area contributed by atoms with Gasteiger partial charge >= 0.3 is 23.9 Å². The van der Waals surface area contributed by atoms with E-state index in [1.807, 2.05) is 57.2 Å². The van der Waals surface area contributed by atoms with Crippen LogP contribution >= 0.6 is 0 Å². The van der Waals surface area contributed by atoms with Gasteiger partial charge in [0.15, 0.2) is 0 Å². The minimum absolute atomic E-state index is 0.170. The molecule has 0 spiro atoms. The molecular weight excluding hydrogens is 700 g/mol. The number of hydrogen-bond acceptors (Lipinski definition) is 10. The number of aromatic amines is 2. The van der Waals surface area contributed by atoms with Crippen molar-refractivity contribution < 1.29 is 38.1 Å². The highest BCUT2D eigenvalue weighted by Gasteiger charge is 2.37. The second kappa shape index (κ2) is 15.9. The number of H-pyrrole nitrogens is 2. The average Bonchev–Trinajstić information content (AvgIpc) is 3.85. The fourth-order valence-corrected chi connectivity index (χ4v) is 7.84. The van der Waals surface area contributed by atoms with Gasteiger partial charge in [-0.05, 0) is 111 Å². The number of rotatable bonds is 12. The van der Waals surface area contributed by atoms with Crippen LogP contribution in [0.3, 0.4) is 0 Å². The van der Waals surface area contributed by atoms with Crippen LogP contribution in [0.1, 0.15) is 97.3 Å². The molecule has 55 heavy (non-hydrogen) atoms. The highest BCUT2D eigenvalue weighted by atomic mass is 16.5. The van der Waals surface area contributed by atoms with Gasteiger partial charge in [0, 0.05) is 58.6 Å². The van der Waals surface area contributed by atoms with Gasteiger partial charge in [-0.2, -0.15) is 0 Å². The summed E-state index contributed by atoms with van der Waals surface area (Å²) in [7, 11) is 5.53. The van der Waals surface area contributed by atoms with Gasteiger partial charge in [-0.25, -0.2) is 4.98 Å². The van der Waals surface area contributed by atoms with E-state index in [2.05, 4.69) is 16.9 Å². The molecule has 5 heterocycles. The standard InChI is InChI=1S/C43H48N4O8/c1-23-26(12-15-37(48)52-5)33-21-34-28(14-17-39(50)54-7)25(3)41(46-34)29-10-9-11-30-42(29)47-36(43(30,4)19-18-40(51)55-8)22-35-27(13-16-38(49)53-6)24(2)32(45-35)20-31(23)44-33/h9-11,20-22,44-45H,12-19H2,1-8H3. The first kappa shape index (κ1) is 38.9. The van der Waals surface area contributed by atoms with Crippen LogP contribution in [0.2, 0.25) is 0 Å². The Labute approximate surface area is 319 Å². The third kappa shape index (κ3) is 7.50. The lowest BCUT2D eigenvalue weighted by molar-refractivity contribution is -0.141. The van der Waals surface area contributed by atoms with Gasteiger partial charge in [-0.15, -0.1) is 0 Å². The molecule has 3 aromatic heterocycles. The number of esters is 4. The summed E-state index contributed by atoms with van der Waals surface area (Å²) in [5, 5.41) is 0.825. The molecule has 0 saturated carbocycles. The van der Waals surface area contributed by atoms with Crippen LogP contribution in [-0.2, 0) is 56.4 Å². The third-order valence-corrected chi connectivity index (χ3v) is 11.3. The second-order valence-electron chi connectivity index (χ2n) is 14.3. The second-order valence-corrected chi connectivity index (χ2v) is 14.3.